The van der Waals surface area contributed by atoms with Gasteiger partial charge in [0.2, 0.25) is 5.91 Å². The van der Waals surface area contributed by atoms with Gasteiger partial charge in [0.1, 0.15) is 0 Å². The first-order valence-electron chi connectivity index (χ1n) is 6.37. The Morgan fingerprint density at radius 2 is 2.12 bits per heavy atom. The van der Waals surface area contributed by atoms with Gasteiger partial charge in [-0.2, -0.15) is 0 Å². The summed E-state index contributed by atoms with van der Waals surface area (Å²) in [6.45, 7) is 10.3. The standard InChI is InChI=1S/C12H25N3O/c1-4-6-15(11-8-13-9-11)7-5-12(16)14-10(2)3/h10-11,13H,4-9H2,1-3H3,(H,14,16). The van der Waals surface area contributed by atoms with Gasteiger partial charge in [0, 0.05) is 38.1 Å². The van der Waals surface area contributed by atoms with Crippen molar-refractivity contribution in [3.05, 3.63) is 0 Å². The van der Waals surface area contributed by atoms with Crippen LogP contribution in [0.4, 0.5) is 0 Å². The fourth-order valence-corrected chi connectivity index (χ4v) is 1.94. The summed E-state index contributed by atoms with van der Waals surface area (Å²) in [5.41, 5.74) is 0. The molecule has 1 aliphatic rings. The van der Waals surface area contributed by atoms with Crippen molar-refractivity contribution < 1.29 is 4.79 Å². The lowest BCUT2D eigenvalue weighted by Gasteiger charge is -2.38. The second-order valence-corrected chi connectivity index (χ2v) is 4.82. The van der Waals surface area contributed by atoms with Crippen LogP contribution in [-0.2, 0) is 4.79 Å². The van der Waals surface area contributed by atoms with Crippen molar-refractivity contribution in [2.75, 3.05) is 26.2 Å². The molecule has 1 fully saturated rings. The highest BCUT2D eigenvalue weighted by molar-refractivity contribution is 5.76. The predicted molar refractivity (Wildman–Crippen MR) is 66.4 cm³/mol. The third-order valence-electron chi connectivity index (χ3n) is 2.86. The van der Waals surface area contributed by atoms with Crippen LogP contribution in [-0.4, -0.2) is 49.1 Å². The summed E-state index contributed by atoms with van der Waals surface area (Å²) < 4.78 is 0. The highest BCUT2D eigenvalue weighted by atomic mass is 16.1. The van der Waals surface area contributed by atoms with Crippen LogP contribution in [0.15, 0.2) is 0 Å². The van der Waals surface area contributed by atoms with Crippen LogP contribution in [0.5, 0.6) is 0 Å². The second-order valence-electron chi connectivity index (χ2n) is 4.82. The van der Waals surface area contributed by atoms with Gasteiger partial charge in [0.15, 0.2) is 0 Å². The van der Waals surface area contributed by atoms with E-state index in [0.717, 1.165) is 32.6 Å². The molecule has 1 heterocycles. The molecule has 0 aliphatic carbocycles. The van der Waals surface area contributed by atoms with Gasteiger partial charge in [0.05, 0.1) is 0 Å². The first-order valence-corrected chi connectivity index (χ1v) is 6.37. The normalized spacial score (nSPS) is 16.6. The Kier molecular flexibility index (Phi) is 5.77. The van der Waals surface area contributed by atoms with E-state index in [0.29, 0.717) is 12.5 Å². The first-order chi connectivity index (χ1) is 7.63. The van der Waals surface area contributed by atoms with Crippen LogP contribution in [0, 0.1) is 0 Å². The largest absolute Gasteiger partial charge is 0.354 e. The maximum Gasteiger partial charge on any atom is 0.221 e. The van der Waals surface area contributed by atoms with Gasteiger partial charge < -0.3 is 10.6 Å². The van der Waals surface area contributed by atoms with E-state index < -0.39 is 0 Å². The lowest BCUT2D eigenvalue weighted by Crippen LogP contribution is -2.57. The van der Waals surface area contributed by atoms with Gasteiger partial charge in [-0.3, -0.25) is 9.69 Å². The maximum absolute atomic E-state index is 11.5. The fraction of sp³-hybridized carbons (Fsp3) is 0.917. The number of rotatable bonds is 7. The average molecular weight is 227 g/mol. The number of hydrogen-bond donors (Lipinski definition) is 2. The molecule has 4 heteroatoms. The third-order valence-corrected chi connectivity index (χ3v) is 2.86. The topological polar surface area (TPSA) is 44.4 Å². The van der Waals surface area contributed by atoms with E-state index in [4.69, 9.17) is 0 Å². The Bertz CT molecular complexity index is 214. The summed E-state index contributed by atoms with van der Waals surface area (Å²) in [5, 5.41) is 6.21. The number of hydrogen-bond acceptors (Lipinski definition) is 3. The van der Waals surface area contributed by atoms with Gasteiger partial charge in [-0.1, -0.05) is 6.92 Å². The Labute approximate surface area is 98.8 Å². The summed E-state index contributed by atoms with van der Waals surface area (Å²) in [7, 11) is 0. The van der Waals surface area contributed by atoms with Gasteiger partial charge >= 0.3 is 0 Å². The number of nitrogens with zero attached hydrogens (tertiary/aromatic N) is 1. The minimum atomic E-state index is 0.170. The van der Waals surface area contributed by atoms with Crippen LogP contribution >= 0.6 is 0 Å². The molecule has 16 heavy (non-hydrogen) atoms. The van der Waals surface area contributed by atoms with Crippen LogP contribution in [0.2, 0.25) is 0 Å². The molecule has 1 amide bonds. The van der Waals surface area contributed by atoms with Crippen molar-refractivity contribution in [2.45, 2.75) is 45.7 Å². The van der Waals surface area contributed by atoms with Crippen LogP contribution < -0.4 is 10.6 Å². The molecule has 0 aromatic heterocycles. The molecule has 94 valence electrons. The number of amides is 1. The number of nitrogens with one attached hydrogen (secondary N) is 2. The number of carbonyl (C=O) groups is 1. The molecule has 0 aromatic carbocycles. The van der Waals surface area contributed by atoms with Crippen molar-refractivity contribution in [2.24, 2.45) is 0 Å². The van der Waals surface area contributed by atoms with E-state index >= 15 is 0 Å². The summed E-state index contributed by atoms with van der Waals surface area (Å²) in [5.74, 6) is 0.170. The van der Waals surface area contributed by atoms with E-state index in [1.807, 2.05) is 13.8 Å². The predicted octanol–water partition coefficient (Wildman–Crippen LogP) is 0.585. The molecule has 0 atom stereocenters. The fourth-order valence-electron chi connectivity index (χ4n) is 1.94. The van der Waals surface area contributed by atoms with Gasteiger partial charge in [-0.15, -0.1) is 0 Å². The van der Waals surface area contributed by atoms with E-state index in [1.54, 1.807) is 0 Å². The SMILES string of the molecule is CCCN(CCC(=O)NC(C)C)C1CNC1. The lowest BCUT2D eigenvalue weighted by molar-refractivity contribution is -0.122. The molecule has 0 radical (unpaired) electrons. The Balaban J connectivity index is 2.23. The average Bonchev–Trinajstić information content (AvgIpc) is 2.10. The molecule has 0 spiro atoms. The van der Waals surface area contributed by atoms with Crippen molar-refractivity contribution in [1.82, 2.24) is 15.5 Å². The van der Waals surface area contributed by atoms with Gasteiger partial charge in [-0.05, 0) is 26.8 Å². The molecular formula is C12H25N3O. The molecule has 0 bridgehead atoms. The molecule has 0 unspecified atom stereocenters. The lowest BCUT2D eigenvalue weighted by atomic mass is 10.1. The maximum atomic E-state index is 11.5. The quantitative estimate of drug-likeness (QED) is 0.669. The molecule has 1 rings (SSSR count). The van der Waals surface area contributed by atoms with Crippen molar-refractivity contribution in [3.63, 3.8) is 0 Å². The smallest absolute Gasteiger partial charge is 0.221 e. The van der Waals surface area contributed by atoms with Crippen LogP contribution in [0.3, 0.4) is 0 Å². The monoisotopic (exact) mass is 227 g/mol. The second kappa shape index (κ2) is 6.86. The zero-order valence-corrected chi connectivity index (χ0v) is 10.8. The van der Waals surface area contributed by atoms with Gasteiger partial charge in [0.25, 0.3) is 0 Å². The molecule has 2 N–H and O–H groups in total. The molecule has 1 saturated heterocycles. The Morgan fingerprint density at radius 3 is 2.56 bits per heavy atom. The van der Waals surface area contributed by atoms with Crippen LogP contribution in [0.25, 0.3) is 0 Å². The van der Waals surface area contributed by atoms with E-state index in [9.17, 15) is 4.79 Å². The Hall–Kier alpha value is -0.610. The van der Waals surface area contributed by atoms with Gasteiger partial charge in [-0.25, -0.2) is 0 Å². The third kappa shape index (κ3) is 4.49. The molecule has 4 nitrogen and oxygen atoms in total. The first kappa shape index (κ1) is 13.5. The van der Waals surface area contributed by atoms with E-state index in [1.165, 1.54) is 0 Å². The molecule has 0 saturated carbocycles. The van der Waals surface area contributed by atoms with E-state index in [2.05, 4.69) is 22.5 Å². The van der Waals surface area contributed by atoms with Crippen molar-refractivity contribution >= 4 is 5.91 Å². The number of carbonyl (C=O) groups excluding carboxylic acids is 1. The highest BCUT2D eigenvalue weighted by Gasteiger charge is 2.23. The summed E-state index contributed by atoms with van der Waals surface area (Å²) in [6.07, 6.45) is 1.77. The highest BCUT2D eigenvalue weighted by Crippen LogP contribution is 2.06. The minimum absolute atomic E-state index is 0.170. The van der Waals surface area contributed by atoms with Crippen molar-refractivity contribution in [3.8, 4) is 0 Å². The summed E-state index contributed by atoms with van der Waals surface area (Å²) in [6, 6.07) is 0.893. The molecule has 1 aliphatic heterocycles. The van der Waals surface area contributed by atoms with Crippen molar-refractivity contribution in [1.29, 1.82) is 0 Å². The minimum Gasteiger partial charge on any atom is -0.354 e. The zero-order chi connectivity index (χ0) is 12.0. The Morgan fingerprint density at radius 1 is 1.44 bits per heavy atom. The summed E-state index contributed by atoms with van der Waals surface area (Å²) >= 11 is 0. The zero-order valence-electron chi connectivity index (χ0n) is 10.8. The molecule has 0 aromatic rings. The van der Waals surface area contributed by atoms with E-state index in [-0.39, 0.29) is 11.9 Å². The molecular weight excluding hydrogens is 202 g/mol. The summed E-state index contributed by atoms with van der Waals surface area (Å²) in [4.78, 5) is 14.0. The van der Waals surface area contributed by atoms with Crippen LogP contribution in [0.1, 0.15) is 33.6 Å².